The highest BCUT2D eigenvalue weighted by Crippen LogP contribution is 2.29. The third kappa shape index (κ3) is 6.15. The van der Waals surface area contributed by atoms with Gasteiger partial charge in [0, 0.05) is 49.2 Å². The largest absolute Gasteiger partial charge is 0.356 e. The topological polar surface area (TPSA) is 67.1 Å². The Morgan fingerprint density at radius 2 is 2.00 bits per heavy atom. The smallest absolute Gasteiger partial charge is 0.191 e. The van der Waals surface area contributed by atoms with E-state index in [-0.39, 0.29) is 35.2 Å². The van der Waals surface area contributed by atoms with Crippen LogP contribution in [0, 0.1) is 5.82 Å². The summed E-state index contributed by atoms with van der Waals surface area (Å²) in [6.45, 7) is 5.26. The zero-order chi connectivity index (χ0) is 20.9. The van der Waals surface area contributed by atoms with Crippen LogP contribution in [0.2, 0.25) is 5.02 Å². The van der Waals surface area contributed by atoms with Crippen LogP contribution < -0.4 is 10.6 Å². The second-order valence-corrected chi connectivity index (χ2v) is 7.69. The Morgan fingerprint density at radius 3 is 2.67 bits per heavy atom. The summed E-state index contributed by atoms with van der Waals surface area (Å²) in [5.41, 5.74) is 1.63. The lowest BCUT2D eigenvalue weighted by atomic mass is 9.84. The summed E-state index contributed by atoms with van der Waals surface area (Å²) < 4.78 is 15.2. The summed E-state index contributed by atoms with van der Waals surface area (Å²) >= 11 is 6.24. The number of hydrogen-bond donors (Lipinski definition) is 2. The zero-order valence-electron chi connectivity index (χ0n) is 17.1. The molecule has 1 aromatic carbocycles. The van der Waals surface area contributed by atoms with Crippen molar-refractivity contribution in [3.05, 3.63) is 77.2 Å². The maximum Gasteiger partial charge on any atom is 0.191 e. The second kappa shape index (κ2) is 10.7. The van der Waals surface area contributed by atoms with E-state index in [0.29, 0.717) is 24.1 Å². The van der Waals surface area contributed by atoms with Crippen molar-refractivity contribution in [2.24, 2.45) is 4.99 Å². The minimum atomic E-state index is -0.340. The summed E-state index contributed by atoms with van der Waals surface area (Å²) in [4.78, 5) is 12.7. The molecule has 0 unspecified atom stereocenters. The molecule has 0 spiro atoms. The SMILES string of the molecule is CN=C(NCc1ccnc(-n2ccnc2)c1)NCC(C)(C)c1ccc(F)cc1Cl.I. The van der Waals surface area contributed by atoms with Crippen molar-refractivity contribution in [3.8, 4) is 5.82 Å². The van der Waals surface area contributed by atoms with Crippen LogP contribution in [-0.2, 0) is 12.0 Å². The Bertz CT molecular complexity index is 991. The van der Waals surface area contributed by atoms with Crippen molar-refractivity contribution in [1.82, 2.24) is 25.2 Å². The van der Waals surface area contributed by atoms with Crippen molar-refractivity contribution in [1.29, 1.82) is 0 Å². The van der Waals surface area contributed by atoms with Gasteiger partial charge in [-0.1, -0.05) is 31.5 Å². The van der Waals surface area contributed by atoms with E-state index in [1.807, 2.05) is 36.7 Å². The van der Waals surface area contributed by atoms with Gasteiger partial charge in [-0.05, 0) is 35.4 Å². The monoisotopic (exact) mass is 542 g/mol. The Hall–Kier alpha value is -2.20. The molecule has 3 aromatic rings. The van der Waals surface area contributed by atoms with Gasteiger partial charge in [0.25, 0.3) is 0 Å². The lowest BCUT2D eigenvalue weighted by Gasteiger charge is -2.27. The molecule has 2 aromatic heterocycles. The van der Waals surface area contributed by atoms with Gasteiger partial charge in [-0.25, -0.2) is 14.4 Å². The molecule has 0 amide bonds. The minimum absolute atomic E-state index is 0. The molecule has 2 heterocycles. The van der Waals surface area contributed by atoms with Gasteiger partial charge in [0.2, 0.25) is 0 Å². The third-order valence-corrected chi connectivity index (χ3v) is 4.93. The van der Waals surface area contributed by atoms with Crippen LogP contribution in [0.3, 0.4) is 0 Å². The highest BCUT2D eigenvalue weighted by Gasteiger charge is 2.24. The number of aliphatic imine (C=N–C) groups is 1. The summed E-state index contributed by atoms with van der Waals surface area (Å²) in [6, 6.07) is 8.43. The van der Waals surface area contributed by atoms with Crippen molar-refractivity contribution >= 4 is 41.5 Å². The molecule has 0 aliphatic heterocycles. The zero-order valence-corrected chi connectivity index (χ0v) is 20.1. The number of guanidine groups is 1. The Labute approximate surface area is 198 Å². The molecule has 0 aliphatic carbocycles. The van der Waals surface area contributed by atoms with Gasteiger partial charge in [0.05, 0.1) is 0 Å². The van der Waals surface area contributed by atoms with Gasteiger partial charge >= 0.3 is 0 Å². The van der Waals surface area contributed by atoms with E-state index in [1.165, 1.54) is 12.1 Å². The molecule has 3 rings (SSSR count). The van der Waals surface area contributed by atoms with Gasteiger partial charge < -0.3 is 10.6 Å². The number of halogens is 3. The number of imidazole rings is 1. The average Bonchev–Trinajstić information content (AvgIpc) is 3.23. The lowest BCUT2D eigenvalue weighted by Crippen LogP contribution is -2.43. The van der Waals surface area contributed by atoms with Crippen LogP contribution in [0.1, 0.15) is 25.0 Å². The van der Waals surface area contributed by atoms with Crippen molar-refractivity contribution in [2.75, 3.05) is 13.6 Å². The van der Waals surface area contributed by atoms with Crippen molar-refractivity contribution in [2.45, 2.75) is 25.8 Å². The Kier molecular flexibility index (Phi) is 8.60. The molecule has 6 nitrogen and oxygen atoms in total. The van der Waals surface area contributed by atoms with Crippen LogP contribution in [-0.4, -0.2) is 34.1 Å². The standard InChI is InChI=1S/C21H24ClFN6.HI/c1-21(2,17-5-4-16(23)11-18(17)22)13-28-20(24-3)27-12-15-6-7-26-19(10-15)29-9-8-25-14-29;/h4-11,14H,12-13H2,1-3H3,(H2,24,27,28);1H. The van der Waals surface area contributed by atoms with Gasteiger partial charge in [-0.15, -0.1) is 24.0 Å². The maximum absolute atomic E-state index is 13.3. The fraction of sp³-hybridized carbons (Fsp3) is 0.286. The van der Waals surface area contributed by atoms with Gasteiger partial charge in [-0.3, -0.25) is 9.56 Å². The van der Waals surface area contributed by atoms with E-state index in [0.717, 1.165) is 16.9 Å². The highest BCUT2D eigenvalue weighted by atomic mass is 127. The molecule has 30 heavy (non-hydrogen) atoms. The fourth-order valence-electron chi connectivity index (χ4n) is 2.95. The molecule has 9 heteroatoms. The molecule has 2 N–H and O–H groups in total. The van der Waals surface area contributed by atoms with E-state index in [2.05, 4.69) is 25.6 Å². The molecular formula is C21H25ClFIN6. The van der Waals surface area contributed by atoms with Gasteiger partial charge in [-0.2, -0.15) is 0 Å². The molecule has 0 atom stereocenters. The maximum atomic E-state index is 13.3. The molecular weight excluding hydrogens is 518 g/mol. The number of rotatable bonds is 6. The van der Waals surface area contributed by atoms with E-state index in [4.69, 9.17) is 11.6 Å². The number of benzene rings is 1. The molecule has 0 aliphatic rings. The molecule has 0 saturated heterocycles. The number of pyridine rings is 1. The van der Waals surface area contributed by atoms with E-state index in [1.54, 1.807) is 31.8 Å². The van der Waals surface area contributed by atoms with E-state index in [9.17, 15) is 4.39 Å². The predicted molar refractivity (Wildman–Crippen MR) is 129 cm³/mol. The first kappa shape index (κ1) is 24.1. The Morgan fingerprint density at radius 1 is 1.20 bits per heavy atom. The van der Waals surface area contributed by atoms with E-state index < -0.39 is 0 Å². The van der Waals surface area contributed by atoms with E-state index >= 15 is 0 Å². The molecule has 0 fully saturated rings. The average molecular weight is 543 g/mol. The van der Waals surface area contributed by atoms with Crippen molar-refractivity contribution in [3.63, 3.8) is 0 Å². The first-order valence-electron chi connectivity index (χ1n) is 9.22. The summed E-state index contributed by atoms with van der Waals surface area (Å²) in [7, 11) is 1.72. The van der Waals surface area contributed by atoms with Crippen LogP contribution >= 0.6 is 35.6 Å². The number of nitrogens with one attached hydrogen (secondary N) is 2. The van der Waals surface area contributed by atoms with Crippen LogP contribution in [0.25, 0.3) is 5.82 Å². The van der Waals surface area contributed by atoms with Crippen LogP contribution in [0.15, 0.2) is 60.2 Å². The molecule has 0 radical (unpaired) electrons. The summed E-state index contributed by atoms with van der Waals surface area (Å²) in [6.07, 6.45) is 7.04. The highest BCUT2D eigenvalue weighted by molar-refractivity contribution is 14.0. The second-order valence-electron chi connectivity index (χ2n) is 7.28. The first-order valence-corrected chi connectivity index (χ1v) is 9.60. The third-order valence-electron chi connectivity index (χ3n) is 4.62. The van der Waals surface area contributed by atoms with Crippen molar-refractivity contribution < 1.29 is 4.39 Å². The first-order chi connectivity index (χ1) is 13.9. The molecule has 160 valence electrons. The fourth-order valence-corrected chi connectivity index (χ4v) is 3.37. The predicted octanol–water partition coefficient (Wildman–Crippen LogP) is 4.32. The molecule has 0 saturated carbocycles. The van der Waals surface area contributed by atoms with Gasteiger partial charge in [0.15, 0.2) is 5.96 Å². The lowest BCUT2D eigenvalue weighted by molar-refractivity contribution is 0.507. The number of nitrogens with zero attached hydrogens (tertiary/aromatic N) is 4. The molecule has 0 bridgehead atoms. The quantitative estimate of drug-likeness (QED) is 0.277. The summed E-state index contributed by atoms with van der Waals surface area (Å²) in [5.74, 6) is 1.13. The van der Waals surface area contributed by atoms with Crippen LogP contribution in [0.5, 0.6) is 0 Å². The number of hydrogen-bond acceptors (Lipinski definition) is 3. The van der Waals surface area contributed by atoms with Crippen LogP contribution in [0.4, 0.5) is 4.39 Å². The summed E-state index contributed by atoms with van der Waals surface area (Å²) in [5, 5.41) is 7.04. The Balaban J connectivity index is 0.00000320. The van der Waals surface area contributed by atoms with Gasteiger partial charge in [0.1, 0.15) is 18.0 Å². The minimum Gasteiger partial charge on any atom is -0.356 e. The number of aromatic nitrogens is 3. The normalized spacial score (nSPS) is 11.7.